The van der Waals surface area contributed by atoms with E-state index in [4.69, 9.17) is 0 Å². The van der Waals surface area contributed by atoms with Gasteiger partial charge in [-0.05, 0) is 36.1 Å². The molecule has 0 saturated carbocycles. The maximum Gasteiger partial charge on any atom is 0.225 e. The Morgan fingerprint density at radius 2 is 1.85 bits per heavy atom. The van der Waals surface area contributed by atoms with Crippen LogP contribution < -0.4 is 0 Å². The Bertz CT molecular complexity index is 1080. The fourth-order valence-corrected chi connectivity index (χ4v) is 4.93. The summed E-state index contributed by atoms with van der Waals surface area (Å²) in [6, 6.07) is 19.6. The third kappa shape index (κ3) is 5.89. The number of likely N-dealkylation sites (tertiary alicyclic amines) is 1. The molecule has 0 bridgehead atoms. The summed E-state index contributed by atoms with van der Waals surface area (Å²) in [5.74, 6) is 0.452. The lowest BCUT2D eigenvalue weighted by atomic mass is 9.88. The molecule has 178 valence electrons. The van der Waals surface area contributed by atoms with E-state index in [1.807, 2.05) is 49.2 Å². The fraction of sp³-hybridized carbons (Fsp3) is 0.379. The highest BCUT2D eigenvalue weighted by molar-refractivity contribution is 5.78. The molecule has 0 aliphatic carbocycles. The molecule has 1 fully saturated rings. The number of aromatic nitrogens is 1. The number of carbonyl (C=O) groups is 1. The lowest BCUT2D eigenvalue weighted by Crippen LogP contribution is -2.39. The minimum absolute atomic E-state index is 0.0783. The summed E-state index contributed by atoms with van der Waals surface area (Å²) in [6.45, 7) is 9.46. The number of halogens is 1. The lowest BCUT2D eigenvalue weighted by molar-refractivity contribution is -0.135. The molecule has 1 saturated heterocycles. The van der Waals surface area contributed by atoms with Crippen molar-refractivity contribution in [2.45, 2.75) is 39.8 Å². The van der Waals surface area contributed by atoms with Gasteiger partial charge in [-0.25, -0.2) is 4.39 Å². The number of benzene rings is 2. The first kappa shape index (κ1) is 24.1. The van der Waals surface area contributed by atoms with Crippen LogP contribution in [0.15, 0.2) is 73.1 Å². The summed E-state index contributed by atoms with van der Waals surface area (Å²) in [7, 11) is 0. The van der Waals surface area contributed by atoms with Gasteiger partial charge in [-0.2, -0.15) is 0 Å². The van der Waals surface area contributed by atoms with E-state index in [0.29, 0.717) is 19.6 Å². The summed E-state index contributed by atoms with van der Waals surface area (Å²) in [6.07, 6.45) is 3.58. The van der Waals surface area contributed by atoms with Crippen molar-refractivity contribution in [3.05, 3.63) is 101 Å². The highest BCUT2D eigenvalue weighted by Crippen LogP contribution is 2.35. The van der Waals surface area contributed by atoms with Gasteiger partial charge in [-0.1, -0.05) is 67.9 Å². The van der Waals surface area contributed by atoms with Crippen LogP contribution in [0.2, 0.25) is 0 Å². The quantitative estimate of drug-likeness (QED) is 0.451. The Morgan fingerprint density at radius 1 is 1.09 bits per heavy atom. The molecule has 5 heteroatoms. The minimum atomic E-state index is -0.161. The van der Waals surface area contributed by atoms with Gasteiger partial charge >= 0.3 is 0 Å². The summed E-state index contributed by atoms with van der Waals surface area (Å²) in [5.41, 5.74) is 4.26. The van der Waals surface area contributed by atoms with Crippen molar-refractivity contribution in [1.29, 1.82) is 0 Å². The first-order valence-corrected chi connectivity index (χ1v) is 12.1. The van der Waals surface area contributed by atoms with Crippen molar-refractivity contribution in [1.82, 2.24) is 14.8 Å². The van der Waals surface area contributed by atoms with E-state index in [2.05, 4.69) is 41.1 Å². The van der Waals surface area contributed by atoms with Crippen LogP contribution in [0, 0.1) is 24.6 Å². The van der Waals surface area contributed by atoms with Crippen LogP contribution in [0.25, 0.3) is 0 Å². The highest BCUT2D eigenvalue weighted by atomic mass is 19.1. The second kappa shape index (κ2) is 10.9. The molecule has 3 aromatic rings. The van der Waals surface area contributed by atoms with Crippen LogP contribution in [0.5, 0.6) is 0 Å². The predicted molar refractivity (Wildman–Crippen MR) is 134 cm³/mol. The number of aryl methyl sites for hydroxylation is 1. The standard InChI is InChI=1S/C29H34FN3O/c1-21(2)29(34)33(16-23-7-6-14-31-15-23)19-26-18-32(17-25-8-4-5-9-28(25)30)20-27(26)24-12-10-22(3)11-13-24/h4-15,21,26-27H,16-20H2,1-3H3/t26-,27+/m1/s1. The lowest BCUT2D eigenvalue weighted by Gasteiger charge is -2.30. The summed E-state index contributed by atoms with van der Waals surface area (Å²) < 4.78 is 14.4. The summed E-state index contributed by atoms with van der Waals surface area (Å²) in [5, 5.41) is 0. The van der Waals surface area contributed by atoms with Gasteiger partial charge in [-0.15, -0.1) is 0 Å². The number of carbonyl (C=O) groups excluding carboxylic acids is 1. The molecule has 4 nitrogen and oxygen atoms in total. The monoisotopic (exact) mass is 459 g/mol. The maximum atomic E-state index is 14.4. The third-order valence-corrected chi connectivity index (χ3v) is 6.73. The molecule has 2 aromatic carbocycles. The molecule has 2 heterocycles. The van der Waals surface area contributed by atoms with Crippen LogP contribution in [0.3, 0.4) is 0 Å². The van der Waals surface area contributed by atoms with E-state index in [-0.39, 0.29) is 29.5 Å². The largest absolute Gasteiger partial charge is 0.338 e. The Kier molecular flexibility index (Phi) is 7.73. The van der Waals surface area contributed by atoms with E-state index in [9.17, 15) is 9.18 Å². The third-order valence-electron chi connectivity index (χ3n) is 6.73. The molecule has 4 rings (SSSR count). The van der Waals surface area contributed by atoms with E-state index < -0.39 is 0 Å². The number of pyridine rings is 1. The summed E-state index contributed by atoms with van der Waals surface area (Å²) >= 11 is 0. The minimum Gasteiger partial charge on any atom is -0.338 e. The molecule has 34 heavy (non-hydrogen) atoms. The molecule has 0 N–H and O–H groups in total. The molecule has 1 amide bonds. The zero-order valence-electron chi connectivity index (χ0n) is 20.3. The number of rotatable bonds is 8. The zero-order valence-corrected chi connectivity index (χ0v) is 20.3. The van der Waals surface area contributed by atoms with E-state index in [1.165, 1.54) is 17.2 Å². The van der Waals surface area contributed by atoms with E-state index in [1.54, 1.807) is 12.3 Å². The van der Waals surface area contributed by atoms with Gasteiger partial charge < -0.3 is 4.90 Å². The van der Waals surface area contributed by atoms with Gasteiger partial charge in [0.1, 0.15) is 5.82 Å². The van der Waals surface area contributed by atoms with Crippen LogP contribution in [0.1, 0.15) is 42.0 Å². The van der Waals surface area contributed by atoms with Crippen molar-refractivity contribution in [2.75, 3.05) is 19.6 Å². The average molecular weight is 460 g/mol. The molecule has 0 spiro atoms. The second-order valence-corrected chi connectivity index (χ2v) is 9.80. The molecule has 2 atom stereocenters. The smallest absolute Gasteiger partial charge is 0.225 e. The van der Waals surface area contributed by atoms with Crippen molar-refractivity contribution in [3.63, 3.8) is 0 Å². The van der Waals surface area contributed by atoms with Crippen LogP contribution >= 0.6 is 0 Å². The Labute approximate surface area is 202 Å². The van der Waals surface area contributed by atoms with Gasteiger partial charge in [0.25, 0.3) is 0 Å². The fourth-order valence-electron chi connectivity index (χ4n) is 4.93. The Morgan fingerprint density at radius 3 is 2.53 bits per heavy atom. The van der Waals surface area contributed by atoms with Crippen LogP contribution in [-0.2, 0) is 17.9 Å². The normalized spacial score (nSPS) is 18.4. The van der Waals surface area contributed by atoms with Crippen molar-refractivity contribution in [2.24, 2.45) is 11.8 Å². The van der Waals surface area contributed by atoms with E-state index >= 15 is 0 Å². The number of hydrogen-bond donors (Lipinski definition) is 0. The van der Waals surface area contributed by atoms with E-state index in [0.717, 1.165) is 24.2 Å². The molecule has 1 aromatic heterocycles. The van der Waals surface area contributed by atoms with Gasteiger partial charge in [0, 0.05) is 62.5 Å². The SMILES string of the molecule is Cc1ccc([C@@H]2CN(Cc3ccccc3F)C[C@@H]2CN(Cc2cccnc2)C(=O)C(C)C)cc1. The van der Waals surface area contributed by atoms with Crippen molar-refractivity contribution < 1.29 is 9.18 Å². The van der Waals surface area contributed by atoms with Gasteiger partial charge in [-0.3, -0.25) is 14.7 Å². The van der Waals surface area contributed by atoms with Crippen molar-refractivity contribution in [3.8, 4) is 0 Å². The zero-order chi connectivity index (χ0) is 24.1. The predicted octanol–water partition coefficient (Wildman–Crippen LogP) is 5.43. The Balaban J connectivity index is 1.58. The average Bonchev–Trinajstić information content (AvgIpc) is 3.23. The number of nitrogens with zero attached hydrogens (tertiary/aromatic N) is 3. The molecule has 1 aliphatic heterocycles. The van der Waals surface area contributed by atoms with Gasteiger partial charge in [0.05, 0.1) is 0 Å². The number of hydrogen-bond acceptors (Lipinski definition) is 3. The van der Waals surface area contributed by atoms with Crippen molar-refractivity contribution >= 4 is 5.91 Å². The van der Waals surface area contributed by atoms with Gasteiger partial charge in [0.15, 0.2) is 0 Å². The first-order valence-electron chi connectivity index (χ1n) is 12.1. The highest BCUT2D eigenvalue weighted by Gasteiger charge is 2.36. The molecular weight excluding hydrogens is 425 g/mol. The summed E-state index contributed by atoms with van der Waals surface area (Å²) in [4.78, 5) is 21.7. The molecular formula is C29H34FN3O. The molecule has 1 aliphatic rings. The topological polar surface area (TPSA) is 36.4 Å². The van der Waals surface area contributed by atoms with Gasteiger partial charge in [0.2, 0.25) is 5.91 Å². The Hall–Kier alpha value is -3.05. The molecule has 0 radical (unpaired) electrons. The molecule has 0 unspecified atom stereocenters. The maximum absolute atomic E-state index is 14.4. The number of amides is 1. The first-order chi connectivity index (χ1) is 16.4. The van der Waals surface area contributed by atoms with Crippen LogP contribution in [0.4, 0.5) is 4.39 Å². The van der Waals surface area contributed by atoms with Crippen LogP contribution in [-0.4, -0.2) is 40.3 Å². The second-order valence-electron chi connectivity index (χ2n) is 9.80.